The van der Waals surface area contributed by atoms with Crippen LogP contribution in [0.3, 0.4) is 0 Å². The van der Waals surface area contributed by atoms with Crippen molar-refractivity contribution in [2.45, 2.75) is 0 Å². The van der Waals surface area contributed by atoms with Crippen LogP contribution < -0.4 is 11.2 Å². The van der Waals surface area contributed by atoms with E-state index in [-0.39, 0.29) is 5.95 Å². The van der Waals surface area contributed by atoms with Gasteiger partial charge in [0.15, 0.2) is 0 Å². The van der Waals surface area contributed by atoms with E-state index < -0.39 is 0 Å². The number of hydrogen-bond acceptors (Lipinski definition) is 5. The van der Waals surface area contributed by atoms with Gasteiger partial charge in [0.1, 0.15) is 11.4 Å². The summed E-state index contributed by atoms with van der Waals surface area (Å²) >= 11 is 0. The Bertz CT molecular complexity index is 685. The molecule has 3 rings (SSSR count). The number of allylic oxidation sites excluding steroid dienone is 3. The van der Waals surface area contributed by atoms with Gasteiger partial charge in [-0.3, -0.25) is 5.43 Å². The number of nitrogens with one attached hydrogen (secondary N) is 1. The van der Waals surface area contributed by atoms with Gasteiger partial charge in [0.25, 0.3) is 0 Å². The van der Waals surface area contributed by atoms with E-state index in [9.17, 15) is 0 Å². The first-order valence-corrected chi connectivity index (χ1v) is 5.54. The second-order valence-electron chi connectivity index (χ2n) is 3.79. The van der Waals surface area contributed by atoms with Crippen LogP contribution in [0.15, 0.2) is 53.8 Å². The average Bonchev–Trinajstić information content (AvgIpc) is 2.66. The molecule has 0 bridgehead atoms. The summed E-state index contributed by atoms with van der Waals surface area (Å²) in [6.45, 7) is 0. The first-order valence-electron chi connectivity index (χ1n) is 5.54. The van der Waals surface area contributed by atoms with Crippen molar-refractivity contribution < 1.29 is 0 Å². The van der Waals surface area contributed by atoms with Crippen molar-refractivity contribution in [2.24, 2.45) is 5.10 Å². The highest BCUT2D eigenvalue weighted by molar-refractivity contribution is 6.14. The van der Waals surface area contributed by atoms with E-state index in [2.05, 4.69) is 20.5 Å². The van der Waals surface area contributed by atoms with Crippen LogP contribution in [0.2, 0.25) is 0 Å². The monoisotopic (exact) mass is 237 g/mol. The third-order valence-electron chi connectivity index (χ3n) is 2.58. The largest absolute Gasteiger partial charge is 0.368 e. The summed E-state index contributed by atoms with van der Waals surface area (Å²) in [6.07, 6.45) is 7.39. The van der Waals surface area contributed by atoms with Crippen LogP contribution >= 0.6 is 0 Å². The molecule has 0 unspecified atom stereocenters. The number of nitrogens with two attached hydrogens (primary N) is 1. The van der Waals surface area contributed by atoms with Crippen LogP contribution in [0.1, 0.15) is 5.69 Å². The Morgan fingerprint density at radius 3 is 2.89 bits per heavy atom. The summed E-state index contributed by atoms with van der Waals surface area (Å²) in [5.74, 6) is 0.247. The van der Waals surface area contributed by atoms with Crippen molar-refractivity contribution in [2.75, 3.05) is 5.73 Å². The third-order valence-corrected chi connectivity index (χ3v) is 2.58. The summed E-state index contributed by atoms with van der Waals surface area (Å²) in [4.78, 5) is 8.49. The van der Waals surface area contributed by atoms with E-state index in [1.165, 1.54) is 0 Å². The van der Waals surface area contributed by atoms with E-state index >= 15 is 0 Å². The molecule has 18 heavy (non-hydrogen) atoms. The maximum atomic E-state index is 5.73. The molecule has 2 heterocycles. The van der Waals surface area contributed by atoms with E-state index in [0.717, 1.165) is 22.3 Å². The van der Waals surface area contributed by atoms with Gasteiger partial charge >= 0.3 is 0 Å². The van der Waals surface area contributed by atoms with Crippen LogP contribution in [0.4, 0.5) is 5.95 Å². The molecule has 5 nitrogen and oxygen atoms in total. The quantitative estimate of drug-likeness (QED) is 0.789. The smallest absolute Gasteiger partial charge is 0.221 e. The van der Waals surface area contributed by atoms with Crippen molar-refractivity contribution in [1.29, 1.82) is 0 Å². The first-order chi connectivity index (χ1) is 8.84. The zero-order valence-corrected chi connectivity index (χ0v) is 9.54. The van der Waals surface area contributed by atoms with Gasteiger partial charge in [0.2, 0.25) is 5.95 Å². The van der Waals surface area contributed by atoms with Gasteiger partial charge in [-0.2, -0.15) is 5.10 Å². The minimum atomic E-state index is 0.247. The Kier molecular flexibility index (Phi) is 2.49. The lowest BCUT2D eigenvalue weighted by molar-refractivity contribution is 0.970. The normalized spacial score (nSPS) is 14.1. The number of anilines is 1. The number of nitrogens with zero attached hydrogens (tertiary/aromatic N) is 3. The van der Waals surface area contributed by atoms with Crippen LogP contribution in [0.5, 0.6) is 0 Å². The van der Waals surface area contributed by atoms with Gasteiger partial charge in [-0.15, -0.1) is 0 Å². The van der Waals surface area contributed by atoms with Gasteiger partial charge in [0.05, 0.1) is 5.52 Å². The minimum Gasteiger partial charge on any atom is -0.368 e. The molecule has 0 amide bonds. The highest BCUT2D eigenvalue weighted by Gasteiger charge is 2.10. The predicted octanol–water partition coefficient (Wildman–Crippen LogP) is 1.59. The zero-order chi connectivity index (χ0) is 12.4. The number of aromatic nitrogens is 2. The molecule has 1 aliphatic heterocycles. The fraction of sp³-hybridized carbons (Fsp3) is 0. The van der Waals surface area contributed by atoms with Crippen molar-refractivity contribution in [3.8, 4) is 0 Å². The fourth-order valence-corrected chi connectivity index (χ4v) is 1.81. The van der Waals surface area contributed by atoms with Gasteiger partial charge in [-0.1, -0.05) is 24.3 Å². The molecular weight excluding hydrogens is 226 g/mol. The second-order valence-corrected chi connectivity index (χ2v) is 3.79. The molecule has 1 aliphatic rings. The van der Waals surface area contributed by atoms with Crippen molar-refractivity contribution in [3.63, 3.8) is 0 Å². The Labute approximate surface area is 104 Å². The molecule has 0 atom stereocenters. The second kappa shape index (κ2) is 4.29. The summed E-state index contributed by atoms with van der Waals surface area (Å²) in [6, 6.07) is 7.73. The number of hydrogen-bond donors (Lipinski definition) is 2. The Morgan fingerprint density at radius 2 is 1.94 bits per heavy atom. The Balaban J connectivity index is 2.25. The summed E-state index contributed by atoms with van der Waals surface area (Å²) in [5.41, 5.74) is 10.8. The van der Waals surface area contributed by atoms with Crippen molar-refractivity contribution in [1.82, 2.24) is 15.4 Å². The molecule has 1 aromatic carbocycles. The lowest BCUT2D eigenvalue weighted by Gasteiger charge is -2.06. The van der Waals surface area contributed by atoms with E-state index in [4.69, 9.17) is 5.73 Å². The summed E-state index contributed by atoms with van der Waals surface area (Å²) in [5, 5.41) is 5.16. The van der Waals surface area contributed by atoms with Gasteiger partial charge in [-0.25, -0.2) is 9.97 Å². The summed E-state index contributed by atoms with van der Waals surface area (Å²) < 4.78 is 0. The number of benzene rings is 1. The first kappa shape index (κ1) is 10.5. The molecule has 0 saturated carbocycles. The number of nitrogen functional groups attached to an aromatic ring is 1. The topological polar surface area (TPSA) is 76.2 Å². The molecule has 2 aromatic rings. The average molecular weight is 237 g/mol. The third kappa shape index (κ3) is 1.82. The SMILES string of the molecule is Nc1nc(C2=NNC=CC=C2)c2ccccc2n1. The van der Waals surface area contributed by atoms with Crippen LogP contribution in [0.25, 0.3) is 10.9 Å². The Hall–Kier alpha value is -2.69. The lowest BCUT2D eigenvalue weighted by Crippen LogP contribution is -2.08. The zero-order valence-electron chi connectivity index (χ0n) is 9.54. The molecule has 0 spiro atoms. The van der Waals surface area contributed by atoms with Crippen LogP contribution in [0, 0.1) is 0 Å². The predicted molar refractivity (Wildman–Crippen MR) is 71.9 cm³/mol. The molecule has 0 aliphatic carbocycles. The standard InChI is InChI=1S/C13H11N5/c14-13-16-10-6-2-1-5-9(10)12(17-13)11-7-3-4-8-15-18-11/h1-8,15H,(H2,14,16,17). The van der Waals surface area contributed by atoms with Crippen LogP contribution in [-0.4, -0.2) is 15.7 Å². The number of para-hydroxylation sites is 1. The molecular formula is C13H11N5. The highest BCUT2D eigenvalue weighted by Crippen LogP contribution is 2.17. The summed E-state index contributed by atoms with van der Waals surface area (Å²) in [7, 11) is 0. The number of rotatable bonds is 1. The highest BCUT2D eigenvalue weighted by atomic mass is 15.3. The van der Waals surface area contributed by atoms with Gasteiger partial charge in [-0.05, 0) is 18.2 Å². The molecule has 0 fully saturated rings. The van der Waals surface area contributed by atoms with Crippen molar-refractivity contribution >= 4 is 22.6 Å². The number of hydrazone groups is 1. The molecule has 1 aromatic heterocycles. The molecule has 88 valence electrons. The lowest BCUT2D eigenvalue weighted by atomic mass is 10.1. The van der Waals surface area contributed by atoms with Gasteiger partial charge < -0.3 is 5.73 Å². The van der Waals surface area contributed by atoms with E-state index in [1.807, 2.05) is 42.5 Å². The molecule has 3 N–H and O–H groups in total. The van der Waals surface area contributed by atoms with E-state index in [1.54, 1.807) is 6.20 Å². The maximum Gasteiger partial charge on any atom is 0.221 e. The molecule has 0 saturated heterocycles. The van der Waals surface area contributed by atoms with E-state index in [0.29, 0.717) is 0 Å². The number of fused-ring (bicyclic) bond motifs is 1. The molecule has 0 radical (unpaired) electrons. The minimum absolute atomic E-state index is 0.247. The van der Waals surface area contributed by atoms with Gasteiger partial charge in [0, 0.05) is 11.6 Å². The van der Waals surface area contributed by atoms with Crippen LogP contribution in [-0.2, 0) is 0 Å². The van der Waals surface area contributed by atoms with Crippen molar-refractivity contribution in [3.05, 3.63) is 54.4 Å². The fourth-order valence-electron chi connectivity index (χ4n) is 1.81. The Morgan fingerprint density at radius 1 is 1.06 bits per heavy atom. The molecule has 5 heteroatoms. The maximum absolute atomic E-state index is 5.73.